The number of aromatic nitrogens is 2. The lowest BCUT2D eigenvalue weighted by Crippen LogP contribution is -2.28. The van der Waals surface area contributed by atoms with Crippen LogP contribution in [0.3, 0.4) is 0 Å². The summed E-state index contributed by atoms with van der Waals surface area (Å²) in [7, 11) is 0. The van der Waals surface area contributed by atoms with Crippen LogP contribution in [-0.4, -0.2) is 146 Å². The summed E-state index contributed by atoms with van der Waals surface area (Å²) < 4.78 is 43.4. The zero-order valence-corrected chi connectivity index (χ0v) is 23.8. The molecule has 0 aromatic carbocycles. The Kier molecular flexibility index (Phi) is 20.1. The number of ether oxygens (including phenoxy) is 8. The molecule has 1 amide bonds. The lowest BCUT2D eigenvalue weighted by molar-refractivity contribution is -0.0232. The summed E-state index contributed by atoms with van der Waals surface area (Å²) >= 11 is 1.46. The maximum atomic E-state index is 12.4. The average Bonchev–Trinajstić information content (AvgIpc) is 3.27. The first-order valence-electron chi connectivity index (χ1n) is 13.3. The summed E-state index contributed by atoms with van der Waals surface area (Å²) in [6.07, 6.45) is 3.52. The molecule has 1 aromatic rings. The van der Waals surface area contributed by atoms with Gasteiger partial charge in [-0.1, -0.05) is 11.8 Å². The van der Waals surface area contributed by atoms with Crippen LogP contribution < -0.4 is 5.73 Å². The number of fused-ring (bicyclic) bond motifs is 1. The van der Waals surface area contributed by atoms with Gasteiger partial charge in [0.25, 0.3) is 5.91 Å². The average molecular weight is 577 g/mol. The van der Waals surface area contributed by atoms with Crippen molar-refractivity contribution >= 4 is 17.7 Å². The molecule has 0 saturated carbocycles. The number of hydrogen-bond acceptors (Lipinski definition) is 13. The third kappa shape index (κ3) is 15.8. The lowest BCUT2D eigenvalue weighted by atomic mass is 10.3. The molecule has 1 aliphatic heterocycles. The second-order valence-corrected chi connectivity index (χ2v) is 8.90. The zero-order valence-electron chi connectivity index (χ0n) is 23.0. The number of amides is 1. The van der Waals surface area contributed by atoms with E-state index in [2.05, 4.69) is 9.97 Å². The van der Waals surface area contributed by atoms with E-state index in [1.54, 1.807) is 11.1 Å². The molecule has 0 bridgehead atoms. The van der Waals surface area contributed by atoms with Gasteiger partial charge in [-0.3, -0.25) is 4.79 Å². The first kappa shape index (κ1) is 33.7. The van der Waals surface area contributed by atoms with Gasteiger partial charge in [0.15, 0.2) is 5.16 Å². The molecule has 39 heavy (non-hydrogen) atoms. The smallest absolute Gasteiger partial charge is 0.257 e. The number of hydrogen-bond donors (Lipinski definition) is 1. The highest BCUT2D eigenvalue weighted by Gasteiger charge is 2.28. The quantitative estimate of drug-likeness (QED) is 0.0868. The highest BCUT2D eigenvalue weighted by molar-refractivity contribution is 7.98. The predicted molar refractivity (Wildman–Crippen MR) is 144 cm³/mol. The molecule has 0 spiro atoms. The Morgan fingerprint density at radius 2 is 1.13 bits per heavy atom. The monoisotopic (exact) mass is 576 g/mol. The molecule has 0 atom stereocenters. The fraction of sp³-hybridized carbons (Fsp3) is 0.800. The molecule has 0 saturated heterocycles. The number of carbonyl (C=O) groups is 1. The molecule has 13 nitrogen and oxygen atoms in total. The Hall–Kier alpha value is -1.46. The third-order valence-corrected chi connectivity index (χ3v) is 5.82. The number of carbonyl (C=O) groups excluding carboxylic acids is 1. The van der Waals surface area contributed by atoms with Crippen molar-refractivity contribution < 1.29 is 42.7 Å². The molecule has 0 unspecified atom stereocenters. The minimum Gasteiger partial charge on any atom is -0.378 e. The van der Waals surface area contributed by atoms with E-state index >= 15 is 0 Å². The van der Waals surface area contributed by atoms with Crippen LogP contribution >= 0.6 is 11.8 Å². The topological polar surface area (TPSA) is 146 Å². The number of nitrogens with zero attached hydrogens (tertiary/aromatic N) is 3. The molecule has 1 aromatic heterocycles. The number of rotatable bonds is 27. The first-order valence-corrected chi connectivity index (χ1v) is 14.5. The van der Waals surface area contributed by atoms with Gasteiger partial charge in [0.2, 0.25) is 0 Å². The summed E-state index contributed by atoms with van der Waals surface area (Å²) in [5, 5.41) is 0.677. The van der Waals surface area contributed by atoms with Crippen molar-refractivity contribution in [2.24, 2.45) is 5.73 Å². The summed E-state index contributed by atoms with van der Waals surface area (Å²) in [5.74, 6) is -0.0461. The summed E-state index contributed by atoms with van der Waals surface area (Å²) in [6.45, 7) is 9.60. The summed E-state index contributed by atoms with van der Waals surface area (Å²) in [5.41, 5.74) is 6.68. The largest absolute Gasteiger partial charge is 0.378 e. The molecule has 0 aliphatic carbocycles. The summed E-state index contributed by atoms with van der Waals surface area (Å²) in [6, 6.07) is 0. The molecular formula is C25H44N4O9S. The van der Waals surface area contributed by atoms with E-state index in [0.717, 1.165) is 5.69 Å². The second kappa shape index (κ2) is 23.3. The molecule has 0 fully saturated rings. The van der Waals surface area contributed by atoms with Crippen molar-refractivity contribution in [1.29, 1.82) is 0 Å². The normalized spacial score (nSPS) is 13.0. The Balaban J connectivity index is 1.24. The van der Waals surface area contributed by atoms with Crippen LogP contribution in [0, 0.1) is 0 Å². The Labute approximate surface area is 235 Å². The first-order chi connectivity index (χ1) is 19.3. The maximum absolute atomic E-state index is 12.4. The van der Waals surface area contributed by atoms with E-state index in [9.17, 15) is 4.79 Å². The van der Waals surface area contributed by atoms with Crippen LogP contribution in [0.25, 0.3) is 0 Å². The SMILES string of the molecule is CSc1ncc2c(n1)CN(CCOCCOCCOCCOCCOCCOCCOCCOCCN)C2=O. The van der Waals surface area contributed by atoms with Gasteiger partial charge in [0.05, 0.1) is 124 Å². The van der Waals surface area contributed by atoms with Crippen molar-refractivity contribution in [2.75, 3.05) is 125 Å². The fourth-order valence-corrected chi connectivity index (χ4v) is 3.66. The standard InChI is InChI=1S/C25H44N4O9S/c1-39-25-27-20-22-23(28-25)21-29(24(22)30)3-5-32-7-9-34-11-13-36-15-17-38-19-18-37-16-14-35-12-10-33-8-6-31-4-2-26/h20H,2-19,21,26H2,1H3. The van der Waals surface area contributed by atoms with Crippen molar-refractivity contribution in [3.8, 4) is 0 Å². The van der Waals surface area contributed by atoms with Gasteiger partial charge in [-0.2, -0.15) is 0 Å². The lowest BCUT2D eigenvalue weighted by Gasteiger charge is -2.15. The van der Waals surface area contributed by atoms with Crippen LogP contribution in [0.4, 0.5) is 0 Å². The maximum Gasteiger partial charge on any atom is 0.257 e. The summed E-state index contributed by atoms with van der Waals surface area (Å²) in [4.78, 5) is 22.7. The number of thioether (sulfide) groups is 1. The van der Waals surface area contributed by atoms with Gasteiger partial charge >= 0.3 is 0 Å². The third-order valence-electron chi connectivity index (χ3n) is 5.26. The van der Waals surface area contributed by atoms with Crippen LogP contribution in [-0.2, 0) is 44.4 Å². The van der Waals surface area contributed by atoms with Gasteiger partial charge < -0.3 is 48.5 Å². The Bertz CT molecular complexity index is 766. The van der Waals surface area contributed by atoms with Gasteiger partial charge in [-0.15, -0.1) is 0 Å². The molecule has 0 radical (unpaired) electrons. The van der Waals surface area contributed by atoms with E-state index in [1.807, 2.05) is 6.26 Å². The Morgan fingerprint density at radius 1 is 0.718 bits per heavy atom. The highest BCUT2D eigenvalue weighted by atomic mass is 32.2. The molecule has 2 heterocycles. The van der Waals surface area contributed by atoms with E-state index in [-0.39, 0.29) is 5.91 Å². The molecule has 224 valence electrons. The van der Waals surface area contributed by atoms with E-state index in [0.29, 0.717) is 136 Å². The highest BCUT2D eigenvalue weighted by Crippen LogP contribution is 2.21. The van der Waals surface area contributed by atoms with Crippen LogP contribution in [0.2, 0.25) is 0 Å². The van der Waals surface area contributed by atoms with Crippen molar-refractivity contribution in [1.82, 2.24) is 14.9 Å². The molecular weight excluding hydrogens is 532 g/mol. The molecule has 2 rings (SSSR count). The molecule has 14 heteroatoms. The molecule has 1 aliphatic rings. The second-order valence-electron chi connectivity index (χ2n) is 8.13. The minimum atomic E-state index is -0.0461. The minimum absolute atomic E-state index is 0.0461. The zero-order chi connectivity index (χ0) is 27.8. The molecule has 2 N–H and O–H groups in total. The van der Waals surface area contributed by atoms with Gasteiger partial charge in [0, 0.05) is 19.3 Å². The number of nitrogens with two attached hydrogens (primary N) is 1. The van der Waals surface area contributed by atoms with E-state index in [1.165, 1.54) is 11.8 Å². The van der Waals surface area contributed by atoms with Crippen molar-refractivity contribution in [3.05, 3.63) is 17.5 Å². The van der Waals surface area contributed by atoms with Crippen molar-refractivity contribution in [2.45, 2.75) is 11.7 Å². The van der Waals surface area contributed by atoms with Gasteiger partial charge in [-0.25, -0.2) is 9.97 Å². The predicted octanol–water partition coefficient (Wildman–Crippen LogP) is 0.246. The van der Waals surface area contributed by atoms with Gasteiger partial charge in [0.1, 0.15) is 0 Å². The van der Waals surface area contributed by atoms with Crippen LogP contribution in [0.1, 0.15) is 16.1 Å². The van der Waals surface area contributed by atoms with Crippen LogP contribution in [0.5, 0.6) is 0 Å². The van der Waals surface area contributed by atoms with E-state index < -0.39 is 0 Å². The Morgan fingerprint density at radius 3 is 1.54 bits per heavy atom. The fourth-order valence-electron chi connectivity index (χ4n) is 3.30. The van der Waals surface area contributed by atoms with Crippen LogP contribution in [0.15, 0.2) is 11.4 Å². The van der Waals surface area contributed by atoms with E-state index in [4.69, 9.17) is 43.6 Å². The van der Waals surface area contributed by atoms with Crippen molar-refractivity contribution in [3.63, 3.8) is 0 Å². The van der Waals surface area contributed by atoms with Gasteiger partial charge in [-0.05, 0) is 6.26 Å².